The largest absolute Gasteiger partial charge is 0.392 e. The van der Waals surface area contributed by atoms with Crippen LogP contribution in [0, 0.1) is 11.6 Å². The Hall–Kier alpha value is -1.99. The Labute approximate surface area is 114 Å². The monoisotopic (exact) mass is 299 g/mol. The number of hydrogen-bond acceptors (Lipinski definition) is 3. The first-order valence-corrected chi connectivity index (χ1v) is 7.08. The van der Waals surface area contributed by atoms with Crippen LogP contribution in [0.5, 0.6) is 0 Å². The number of nitrogens with one attached hydrogen (secondary N) is 1. The molecule has 2 aromatic rings. The summed E-state index contributed by atoms with van der Waals surface area (Å²) in [7, 11) is -4.24. The number of aliphatic hydroxyl groups excluding tert-OH is 1. The van der Waals surface area contributed by atoms with Gasteiger partial charge < -0.3 is 5.11 Å². The van der Waals surface area contributed by atoms with Crippen molar-refractivity contribution in [1.29, 1.82) is 0 Å². The van der Waals surface area contributed by atoms with Crippen molar-refractivity contribution in [2.75, 3.05) is 4.72 Å². The van der Waals surface area contributed by atoms with Crippen LogP contribution in [0.3, 0.4) is 0 Å². The van der Waals surface area contributed by atoms with E-state index < -0.39 is 26.6 Å². The number of benzene rings is 2. The quantitative estimate of drug-likeness (QED) is 0.910. The lowest BCUT2D eigenvalue weighted by Crippen LogP contribution is -2.15. The Kier molecular flexibility index (Phi) is 4.01. The summed E-state index contributed by atoms with van der Waals surface area (Å²) in [5.41, 5.74) is 0.644. The van der Waals surface area contributed by atoms with E-state index >= 15 is 0 Å². The Morgan fingerprint density at radius 3 is 2.55 bits per heavy atom. The van der Waals surface area contributed by atoms with E-state index in [1.807, 2.05) is 0 Å². The van der Waals surface area contributed by atoms with Gasteiger partial charge in [-0.05, 0) is 35.9 Å². The molecule has 0 radical (unpaired) electrons. The minimum atomic E-state index is -4.24. The zero-order valence-corrected chi connectivity index (χ0v) is 11.0. The maximum Gasteiger partial charge on any atom is 0.264 e. The van der Waals surface area contributed by atoms with Crippen molar-refractivity contribution in [3.8, 4) is 0 Å². The molecule has 0 aliphatic rings. The molecule has 0 aliphatic carbocycles. The second kappa shape index (κ2) is 5.56. The van der Waals surface area contributed by atoms with E-state index in [1.165, 1.54) is 18.2 Å². The molecule has 0 spiro atoms. The average molecular weight is 299 g/mol. The molecule has 20 heavy (non-hydrogen) atoms. The van der Waals surface area contributed by atoms with E-state index in [4.69, 9.17) is 5.11 Å². The molecule has 4 nitrogen and oxygen atoms in total. The minimum Gasteiger partial charge on any atom is -0.392 e. The highest BCUT2D eigenvalue weighted by Gasteiger charge is 2.20. The van der Waals surface area contributed by atoms with Crippen LogP contribution in [-0.4, -0.2) is 13.5 Å². The van der Waals surface area contributed by atoms with E-state index in [0.29, 0.717) is 11.6 Å². The lowest BCUT2D eigenvalue weighted by atomic mass is 10.2. The second-order valence-electron chi connectivity index (χ2n) is 4.04. The van der Waals surface area contributed by atoms with Crippen molar-refractivity contribution in [1.82, 2.24) is 0 Å². The van der Waals surface area contributed by atoms with Crippen molar-refractivity contribution in [2.24, 2.45) is 0 Å². The van der Waals surface area contributed by atoms with E-state index in [-0.39, 0.29) is 12.3 Å². The number of hydrogen-bond donors (Lipinski definition) is 2. The predicted octanol–water partition coefficient (Wildman–Crippen LogP) is 2.26. The molecule has 2 aromatic carbocycles. The summed E-state index contributed by atoms with van der Waals surface area (Å²) in [4.78, 5) is -0.771. The third-order valence-corrected chi connectivity index (χ3v) is 3.94. The topological polar surface area (TPSA) is 66.4 Å². The molecular formula is C13H11F2NO3S. The van der Waals surface area contributed by atoms with Crippen LogP contribution >= 0.6 is 0 Å². The number of anilines is 1. The zero-order chi connectivity index (χ0) is 14.8. The fourth-order valence-corrected chi connectivity index (χ4v) is 2.77. The Morgan fingerprint density at radius 1 is 1.10 bits per heavy atom. The highest BCUT2D eigenvalue weighted by atomic mass is 32.2. The van der Waals surface area contributed by atoms with Crippen molar-refractivity contribution in [2.45, 2.75) is 11.5 Å². The molecule has 106 valence electrons. The fraction of sp³-hybridized carbons (Fsp3) is 0.0769. The van der Waals surface area contributed by atoms with Gasteiger partial charge in [-0.25, -0.2) is 17.2 Å². The van der Waals surface area contributed by atoms with Crippen LogP contribution in [0.25, 0.3) is 0 Å². The standard InChI is InChI=1S/C13H11F2NO3S/c14-10-4-5-12(15)13(7-10)20(18,19)16-11-3-1-2-9(6-11)8-17/h1-7,16-17H,8H2. The van der Waals surface area contributed by atoms with Crippen LogP contribution in [0.2, 0.25) is 0 Å². The summed E-state index contributed by atoms with van der Waals surface area (Å²) in [6.45, 7) is -0.260. The van der Waals surface area contributed by atoms with Gasteiger partial charge in [0.25, 0.3) is 10.0 Å². The molecule has 0 aromatic heterocycles. The van der Waals surface area contributed by atoms with Crippen molar-refractivity contribution in [3.63, 3.8) is 0 Å². The summed E-state index contributed by atoms with van der Waals surface area (Å²) >= 11 is 0. The first kappa shape index (κ1) is 14.4. The van der Waals surface area contributed by atoms with Gasteiger partial charge in [0.1, 0.15) is 16.5 Å². The van der Waals surface area contributed by atoms with Crippen LogP contribution in [0.1, 0.15) is 5.56 Å². The van der Waals surface area contributed by atoms with Gasteiger partial charge in [-0.15, -0.1) is 0 Å². The van der Waals surface area contributed by atoms with Crippen molar-refractivity contribution in [3.05, 3.63) is 59.7 Å². The second-order valence-corrected chi connectivity index (χ2v) is 5.69. The SMILES string of the molecule is O=S(=O)(Nc1cccc(CO)c1)c1cc(F)ccc1F. The Balaban J connectivity index is 2.38. The number of aliphatic hydroxyl groups is 1. The van der Waals surface area contributed by atoms with Gasteiger partial charge in [0.2, 0.25) is 0 Å². The molecule has 0 amide bonds. The molecule has 0 heterocycles. The average Bonchev–Trinajstić information content (AvgIpc) is 2.41. The van der Waals surface area contributed by atoms with Crippen LogP contribution in [-0.2, 0) is 16.6 Å². The molecule has 0 unspecified atom stereocenters. The van der Waals surface area contributed by atoms with Crippen molar-refractivity contribution >= 4 is 15.7 Å². The van der Waals surface area contributed by atoms with Crippen LogP contribution in [0.4, 0.5) is 14.5 Å². The first-order valence-electron chi connectivity index (χ1n) is 5.60. The van der Waals surface area contributed by atoms with Gasteiger partial charge in [0, 0.05) is 5.69 Å². The molecule has 0 saturated heterocycles. The lowest BCUT2D eigenvalue weighted by Gasteiger charge is -2.09. The van der Waals surface area contributed by atoms with Crippen LogP contribution < -0.4 is 4.72 Å². The molecule has 0 atom stereocenters. The summed E-state index contributed by atoms with van der Waals surface area (Å²) < 4.78 is 52.7. The summed E-state index contributed by atoms with van der Waals surface area (Å²) in [6.07, 6.45) is 0. The maximum atomic E-state index is 13.5. The lowest BCUT2D eigenvalue weighted by molar-refractivity contribution is 0.282. The van der Waals surface area contributed by atoms with Gasteiger partial charge >= 0.3 is 0 Å². The molecule has 7 heteroatoms. The first-order chi connectivity index (χ1) is 9.42. The molecule has 0 fully saturated rings. The molecule has 0 bridgehead atoms. The van der Waals surface area contributed by atoms with E-state index in [9.17, 15) is 17.2 Å². The smallest absolute Gasteiger partial charge is 0.264 e. The number of rotatable bonds is 4. The van der Waals surface area contributed by atoms with Gasteiger partial charge in [-0.1, -0.05) is 12.1 Å². The third-order valence-electron chi connectivity index (χ3n) is 2.54. The summed E-state index contributed by atoms with van der Waals surface area (Å²) in [5.74, 6) is -1.90. The summed E-state index contributed by atoms with van der Waals surface area (Å²) in [5, 5.41) is 8.97. The van der Waals surface area contributed by atoms with E-state index in [0.717, 1.165) is 12.1 Å². The van der Waals surface area contributed by atoms with Gasteiger partial charge in [0.15, 0.2) is 0 Å². The van der Waals surface area contributed by atoms with E-state index in [2.05, 4.69) is 4.72 Å². The predicted molar refractivity (Wildman–Crippen MR) is 69.5 cm³/mol. The highest BCUT2D eigenvalue weighted by molar-refractivity contribution is 7.92. The highest BCUT2D eigenvalue weighted by Crippen LogP contribution is 2.20. The maximum absolute atomic E-state index is 13.5. The Morgan fingerprint density at radius 2 is 1.85 bits per heavy atom. The van der Waals surface area contributed by atoms with E-state index in [1.54, 1.807) is 6.07 Å². The van der Waals surface area contributed by atoms with Crippen LogP contribution in [0.15, 0.2) is 47.4 Å². The van der Waals surface area contributed by atoms with Gasteiger partial charge in [-0.3, -0.25) is 4.72 Å². The normalized spacial score (nSPS) is 11.3. The summed E-state index contributed by atoms with van der Waals surface area (Å²) in [6, 6.07) is 8.15. The molecule has 0 aliphatic heterocycles. The number of sulfonamides is 1. The van der Waals surface area contributed by atoms with Gasteiger partial charge in [-0.2, -0.15) is 0 Å². The molecule has 2 N–H and O–H groups in total. The third kappa shape index (κ3) is 3.12. The Bertz CT molecular complexity index is 732. The molecular weight excluding hydrogens is 288 g/mol. The fourth-order valence-electron chi connectivity index (χ4n) is 1.63. The molecule has 2 rings (SSSR count). The minimum absolute atomic E-state index is 0.153. The van der Waals surface area contributed by atoms with Crippen molar-refractivity contribution < 1.29 is 22.3 Å². The zero-order valence-electron chi connectivity index (χ0n) is 10.2. The molecule has 0 saturated carbocycles. The van der Waals surface area contributed by atoms with Gasteiger partial charge in [0.05, 0.1) is 6.61 Å². The number of halogens is 2.